The van der Waals surface area contributed by atoms with Crippen molar-refractivity contribution in [2.24, 2.45) is 11.8 Å². The van der Waals surface area contributed by atoms with Gasteiger partial charge in [0.05, 0.1) is 11.7 Å². The van der Waals surface area contributed by atoms with Crippen LogP contribution in [0, 0.1) is 11.8 Å². The van der Waals surface area contributed by atoms with Crippen LogP contribution in [-0.4, -0.2) is 35.4 Å². The number of amides is 2. The molecule has 1 fully saturated rings. The highest BCUT2D eigenvalue weighted by molar-refractivity contribution is 5.94. The summed E-state index contributed by atoms with van der Waals surface area (Å²) in [6, 6.07) is 9.23. The van der Waals surface area contributed by atoms with E-state index in [1.54, 1.807) is 38.5 Å². The van der Waals surface area contributed by atoms with Crippen molar-refractivity contribution < 1.29 is 9.59 Å². The van der Waals surface area contributed by atoms with E-state index in [0.29, 0.717) is 29.8 Å². The van der Waals surface area contributed by atoms with Crippen LogP contribution in [0.15, 0.2) is 42.7 Å². The summed E-state index contributed by atoms with van der Waals surface area (Å²) >= 11 is 0. The summed E-state index contributed by atoms with van der Waals surface area (Å²) < 4.78 is 0. The number of carbonyl (C=O) groups is 2. The molecule has 1 atom stereocenters. The first-order chi connectivity index (χ1) is 14.1. The lowest BCUT2D eigenvalue weighted by Gasteiger charge is -2.34. The molecule has 154 valence electrons. The molecule has 0 saturated heterocycles. The molecule has 29 heavy (non-hydrogen) atoms. The standard InChI is InChI=1S/C22H29N5O2/c1-15(28)27-21(19-5-3-4-11-24-19)17-8-6-16(7-9-17)14-26-22(29)18-10-12-25-20(13-18)23-2/h3-5,10-13,16-17,21H,6-9,14H2,1-2H3,(H,23,25)(H,26,29)(H,27,28). The lowest BCUT2D eigenvalue weighted by Crippen LogP contribution is -2.36. The second-order valence-electron chi connectivity index (χ2n) is 7.60. The zero-order valence-corrected chi connectivity index (χ0v) is 17.0. The average Bonchev–Trinajstić information content (AvgIpc) is 2.76. The molecular weight excluding hydrogens is 366 g/mol. The van der Waals surface area contributed by atoms with Gasteiger partial charge in [0.15, 0.2) is 0 Å². The van der Waals surface area contributed by atoms with Crippen LogP contribution in [0.2, 0.25) is 0 Å². The van der Waals surface area contributed by atoms with Crippen molar-refractivity contribution in [2.75, 3.05) is 18.9 Å². The quantitative estimate of drug-likeness (QED) is 0.670. The van der Waals surface area contributed by atoms with Gasteiger partial charge in [-0.2, -0.15) is 0 Å². The van der Waals surface area contributed by atoms with Gasteiger partial charge in [-0.15, -0.1) is 0 Å². The smallest absolute Gasteiger partial charge is 0.251 e. The Hall–Kier alpha value is -2.96. The summed E-state index contributed by atoms with van der Waals surface area (Å²) in [4.78, 5) is 32.7. The van der Waals surface area contributed by atoms with E-state index >= 15 is 0 Å². The van der Waals surface area contributed by atoms with Crippen molar-refractivity contribution in [2.45, 2.75) is 38.6 Å². The maximum Gasteiger partial charge on any atom is 0.251 e. The summed E-state index contributed by atoms with van der Waals surface area (Å²) in [5.41, 5.74) is 1.52. The predicted octanol–water partition coefficient (Wildman–Crippen LogP) is 2.93. The molecule has 3 rings (SSSR count). The van der Waals surface area contributed by atoms with Gasteiger partial charge in [0, 0.05) is 38.5 Å². The molecule has 0 aromatic carbocycles. The van der Waals surface area contributed by atoms with E-state index in [9.17, 15) is 9.59 Å². The SMILES string of the molecule is CNc1cc(C(=O)NCC2CCC(C(NC(C)=O)c3ccccn3)CC2)ccn1. The molecule has 2 aromatic rings. The van der Waals surface area contributed by atoms with Crippen molar-refractivity contribution in [3.8, 4) is 0 Å². The highest BCUT2D eigenvalue weighted by Gasteiger charge is 2.30. The minimum absolute atomic E-state index is 0.0340. The fourth-order valence-electron chi connectivity index (χ4n) is 3.99. The first-order valence-corrected chi connectivity index (χ1v) is 10.2. The molecule has 0 bridgehead atoms. The highest BCUT2D eigenvalue weighted by atomic mass is 16.2. The zero-order chi connectivity index (χ0) is 20.6. The lowest BCUT2D eigenvalue weighted by molar-refractivity contribution is -0.120. The average molecular weight is 396 g/mol. The Morgan fingerprint density at radius 3 is 2.55 bits per heavy atom. The molecule has 7 heteroatoms. The van der Waals surface area contributed by atoms with Gasteiger partial charge in [0.25, 0.3) is 5.91 Å². The summed E-state index contributed by atoms with van der Waals surface area (Å²) in [5.74, 6) is 1.38. The largest absolute Gasteiger partial charge is 0.373 e. The Morgan fingerprint density at radius 1 is 1.10 bits per heavy atom. The van der Waals surface area contributed by atoms with Gasteiger partial charge in [-0.05, 0) is 61.8 Å². The third-order valence-corrected chi connectivity index (χ3v) is 5.56. The molecule has 1 unspecified atom stereocenters. The number of anilines is 1. The van der Waals surface area contributed by atoms with Gasteiger partial charge < -0.3 is 16.0 Å². The van der Waals surface area contributed by atoms with Crippen molar-refractivity contribution >= 4 is 17.6 Å². The number of carbonyl (C=O) groups excluding carboxylic acids is 2. The number of rotatable bonds is 7. The fourth-order valence-corrected chi connectivity index (χ4v) is 3.99. The third-order valence-electron chi connectivity index (χ3n) is 5.56. The minimum Gasteiger partial charge on any atom is -0.373 e. The van der Waals surface area contributed by atoms with Crippen LogP contribution in [0.1, 0.15) is 54.7 Å². The molecule has 1 saturated carbocycles. The second-order valence-corrected chi connectivity index (χ2v) is 7.60. The Labute approximate surface area is 171 Å². The van der Waals surface area contributed by atoms with Gasteiger partial charge in [-0.25, -0.2) is 4.98 Å². The van der Waals surface area contributed by atoms with Crippen LogP contribution >= 0.6 is 0 Å². The second kappa shape index (κ2) is 10.0. The topological polar surface area (TPSA) is 96.0 Å². The van der Waals surface area contributed by atoms with Crippen LogP contribution < -0.4 is 16.0 Å². The molecule has 0 aliphatic heterocycles. The zero-order valence-electron chi connectivity index (χ0n) is 17.0. The van der Waals surface area contributed by atoms with E-state index < -0.39 is 0 Å². The van der Waals surface area contributed by atoms with Crippen molar-refractivity contribution in [1.29, 1.82) is 0 Å². The molecule has 2 aromatic heterocycles. The monoisotopic (exact) mass is 395 g/mol. The predicted molar refractivity (Wildman–Crippen MR) is 112 cm³/mol. The Kier molecular flexibility index (Phi) is 7.16. The molecule has 1 aliphatic carbocycles. The number of hydrogen-bond donors (Lipinski definition) is 3. The van der Waals surface area contributed by atoms with Crippen LogP contribution in [0.3, 0.4) is 0 Å². The Bertz CT molecular complexity index is 819. The van der Waals surface area contributed by atoms with E-state index in [-0.39, 0.29) is 17.9 Å². The van der Waals surface area contributed by atoms with Gasteiger partial charge in [-0.3, -0.25) is 14.6 Å². The maximum absolute atomic E-state index is 12.4. The number of aromatic nitrogens is 2. The van der Waals surface area contributed by atoms with Crippen LogP contribution in [0.4, 0.5) is 5.82 Å². The lowest BCUT2D eigenvalue weighted by atomic mass is 9.77. The van der Waals surface area contributed by atoms with E-state index in [0.717, 1.165) is 31.4 Å². The van der Waals surface area contributed by atoms with Gasteiger partial charge >= 0.3 is 0 Å². The van der Waals surface area contributed by atoms with Gasteiger partial charge in [0.2, 0.25) is 5.91 Å². The first-order valence-electron chi connectivity index (χ1n) is 10.2. The van der Waals surface area contributed by atoms with E-state index in [1.807, 2.05) is 18.2 Å². The van der Waals surface area contributed by atoms with Crippen LogP contribution in [0.25, 0.3) is 0 Å². The number of nitrogens with one attached hydrogen (secondary N) is 3. The molecule has 7 nitrogen and oxygen atoms in total. The summed E-state index contributed by atoms with van der Waals surface area (Å²) in [6.07, 6.45) is 7.44. The Morgan fingerprint density at radius 2 is 1.90 bits per heavy atom. The number of nitrogens with zero attached hydrogens (tertiary/aromatic N) is 2. The molecule has 1 aliphatic rings. The third kappa shape index (κ3) is 5.76. The number of pyridine rings is 2. The molecule has 2 amide bonds. The molecule has 3 N–H and O–H groups in total. The van der Waals surface area contributed by atoms with Crippen LogP contribution in [0.5, 0.6) is 0 Å². The Balaban J connectivity index is 1.52. The summed E-state index contributed by atoms with van der Waals surface area (Å²) in [5, 5.41) is 9.08. The fraction of sp³-hybridized carbons (Fsp3) is 0.455. The van der Waals surface area contributed by atoms with Crippen molar-refractivity contribution in [3.05, 3.63) is 54.0 Å². The maximum atomic E-state index is 12.4. The molecule has 0 spiro atoms. The normalized spacial score (nSPS) is 19.8. The van der Waals surface area contributed by atoms with E-state index in [4.69, 9.17) is 0 Å². The van der Waals surface area contributed by atoms with Crippen LogP contribution in [-0.2, 0) is 4.79 Å². The molecule has 2 heterocycles. The van der Waals surface area contributed by atoms with Crippen molar-refractivity contribution in [1.82, 2.24) is 20.6 Å². The summed E-state index contributed by atoms with van der Waals surface area (Å²) in [6.45, 7) is 2.22. The highest BCUT2D eigenvalue weighted by Crippen LogP contribution is 2.36. The van der Waals surface area contributed by atoms with E-state index in [1.165, 1.54) is 0 Å². The molecular formula is C22H29N5O2. The minimum atomic E-state index is -0.0735. The van der Waals surface area contributed by atoms with Gasteiger partial charge in [0.1, 0.15) is 5.82 Å². The summed E-state index contributed by atoms with van der Waals surface area (Å²) in [7, 11) is 1.78. The van der Waals surface area contributed by atoms with E-state index in [2.05, 4.69) is 25.9 Å². The van der Waals surface area contributed by atoms with Gasteiger partial charge in [-0.1, -0.05) is 6.07 Å². The number of hydrogen-bond acceptors (Lipinski definition) is 5. The molecule has 0 radical (unpaired) electrons. The first kappa shape index (κ1) is 20.8. The van der Waals surface area contributed by atoms with Crippen molar-refractivity contribution in [3.63, 3.8) is 0 Å².